The molecule has 0 spiro atoms. The molecule has 0 bridgehead atoms. The van der Waals surface area contributed by atoms with Gasteiger partial charge >= 0.3 is 0 Å². The summed E-state index contributed by atoms with van der Waals surface area (Å²) in [6, 6.07) is 0. The van der Waals surface area contributed by atoms with E-state index >= 15 is 0 Å². The number of halogens is 1. The first kappa shape index (κ1) is 6.87. The molecule has 2 N–H and O–H groups in total. The van der Waals surface area contributed by atoms with Crippen LogP contribution in [0.3, 0.4) is 0 Å². The second-order valence-electron chi connectivity index (χ2n) is 3.77. The van der Waals surface area contributed by atoms with Crippen LogP contribution in [0.2, 0.25) is 0 Å². The molecule has 1 aromatic rings. The van der Waals surface area contributed by atoms with Gasteiger partial charge in [-0.15, -0.1) is 0 Å². The molecule has 4 heteroatoms. The largest absolute Gasteiger partial charge is 0.493 e. The molecular weight excluding hydrogens is 270 g/mol. The van der Waals surface area contributed by atoms with E-state index in [2.05, 4.69) is 15.9 Å². The molecule has 1 aromatic carbocycles. The van der Waals surface area contributed by atoms with Crippen molar-refractivity contribution < 1.29 is 15.0 Å². The Bertz CT molecular complexity index is 551. The summed E-state index contributed by atoms with van der Waals surface area (Å²) in [5.41, 5.74) is 7.10. The van der Waals surface area contributed by atoms with Crippen LogP contribution in [0.25, 0.3) is 0 Å². The van der Waals surface area contributed by atoms with E-state index in [-0.39, 0.29) is 5.56 Å². The number of benzene rings is 1. The van der Waals surface area contributed by atoms with Crippen molar-refractivity contribution >= 4 is 15.9 Å². The van der Waals surface area contributed by atoms with Gasteiger partial charge < -0.3 is 15.2 Å². The highest BCUT2D eigenvalue weighted by molar-refractivity contribution is 9.10. The van der Waals surface area contributed by atoms with Crippen molar-refractivity contribution in [2.45, 2.75) is 19.2 Å². The molecule has 3 rings (SSSR count). The van der Waals surface area contributed by atoms with Crippen molar-refractivity contribution in [3.8, 4) is 11.5 Å². The molecule has 0 radical (unpaired) electrons. The normalized spacial score (nSPS) is 22.1. The first-order valence-corrected chi connectivity index (χ1v) is 5.96. The molecule has 86 valence electrons. The molecule has 0 atom stereocenters. The minimum absolute atomic E-state index is 0.202. The van der Waals surface area contributed by atoms with E-state index in [1.807, 2.05) is 0 Å². The average Bonchev–Trinajstić information content (AvgIpc) is 2.95. The Morgan fingerprint density at radius 1 is 1.19 bits per heavy atom. The fraction of sp³-hybridized carbons (Fsp3) is 0.500. The third-order valence-electron chi connectivity index (χ3n) is 2.94. The summed E-state index contributed by atoms with van der Waals surface area (Å²) >= 11 is 3.48. The quantitative estimate of drug-likeness (QED) is 0.903. The lowest BCUT2D eigenvalue weighted by atomic mass is 9.97. The molecule has 0 amide bonds. The molecule has 16 heavy (non-hydrogen) atoms. The topological polar surface area (TPSA) is 44.5 Å². The third kappa shape index (κ3) is 1.36. The lowest BCUT2D eigenvalue weighted by molar-refractivity contribution is 0.353. The monoisotopic (exact) mass is 287 g/mol. The van der Waals surface area contributed by atoms with E-state index in [0.717, 1.165) is 10.0 Å². The number of rotatable bonds is 2. The van der Waals surface area contributed by atoms with Gasteiger partial charge in [0.15, 0.2) is 0 Å². The Morgan fingerprint density at radius 2 is 1.88 bits per heavy atom. The SMILES string of the molecule is [2H]C([2H])(N)C([2H])([2H])c1c2c(c(Br)c3c1OCC3)OCC2. The molecule has 2 heterocycles. The summed E-state index contributed by atoms with van der Waals surface area (Å²) in [5, 5.41) is 0. The first-order chi connectivity index (χ1) is 9.25. The molecule has 3 nitrogen and oxygen atoms in total. The number of fused-ring (bicyclic) bond motifs is 2. The van der Waals surface area contributed by atoms with Crippen molar-refractivity contribution in [2.75, 3.05) is 19.7 Å². The molecule has 0 unspecified atom stereocenters. The lowest BCUT2D eigenvalue weighted by Gasteiger charge is -2.14. The zero-order valence-electron chi connectivity index (χ0n) is 12.6. The van der Waals surface area contributed by atoms with E-state index in [1.165, 1.54) is 0 Å². The van der Waals surface area contributed by atoms with Gasteiger partial charge in [0.25, 0.3) is 0 Å². The predicted molar refractivity (Wildman–Crippen MR) is 65.3 cm³/mol. The predicted octanol–water partition coefficient (Wildman–Crippen LogP) is 1.82. The van der Waals surface area contributed by atoms with Crippen LogP contribution in [-0.2, 0) is 19.2 Å². The van der Waals surface area contributed by atoms with Gasteiger partial charge in [-0.2, -0.15) is 0 Å². The zero-order chi connectivity index (χ0) is 14.7. The minimum Gasteiger partial charge on any atom is -0.493 e. The van der Waals surface area contributed by atoms with Crippen LogP contribution >= 0.6 is 15.9 Å². The van der Waals surface area contributed by atoms with Crippen LogP contribution in [0.5, 0.6) is 11.5 Å². The van der Waals surface area contributed by atoms with Gasteiger partial charge in [0, 0.05) is 35.0 Å². The molecule has 0 saturated carbocycles. The third-order valence-corrected chi connectivity index (χ3v) is 3.77. The second kappa shape index (κ2) is 3.93. The molecule has 2 aliphatic heterocycles. The maximum Gasteiger partial charge on any atom is 0.137 e. The Hall–Kier alpha value is -0.740. The van der Waals surface area contributed by atoms with Gasteiger partial charge in [0.05, 0.1) is 17.7 Å². The van der Waals surface area contributed by atoms with Crippen LogP contribution in [0.15, 0.2) is 4.47 Å². The van der Waals surface area contributed by atoms with Crippen LogP contribution < -0.4 is 15.2 Å². The maximum absolute atomic E-state index is 8.14. The van der Waals surface area contributed by atoms with E-state index < -0.39 is 12.9 Å². The smallest absolute Gasteiger partial charge is 0.137 e. The second-order valence-corrected chi connectivity index (χ2v) is 4.56. The standard InChI is InChI=1S/C12H14BrNO2/c13-10-9-3-6-15-11(9)7(1-4-14)8-2-5-16-12(8)10/h1-6,14H2/i1D2,4D2. The summed E-state index contributed by atoms with van der Waals surface area (Å²) in [6.07, 6.45) is -1.18. The van der Waals surface area contributed by atoms with Gasteiger partial charge in [0.2, 0.25) is 0 Å². The number of hydrogen-bond donors (Lipinski definition) is 1. The molecule has 0 aliphatic carbocycles. The van der Waals surface area contributed by atoms with Gasteiger partial charge in [-0.1, -0.05) is 0 Å². The van der Waals surface area contributed by atoms with Crippen molar-refractivity contribution in [1.29, 1.82) is 0 Å². The van der Waals surface area contributed by atoms with Crippen molar-refractivity contribution in [1.82, 2.24) is 0 Å². The van der Waals surface area contributed by atoms with Crippen LogP contribution in [0, 0.1) is 0 Å². The van der Waals surface area contributed by atoms with Crippen molar-refractivity contribution in [3.63, 3.8) is 0 Å². The van der Waals surface area contributed by atoms with Crippen LogP contribution in [-0.4, -0.2) is 19.7 Å². The van der Waals surface area contributed by atoms with Crippen molar-refractivity contribution in [2.24, 2.45) is 5.73 Å². The summed E-state index contributed by atoms with van der Waals surface area (Å²) in [4.78, 5) is 0. The molecular formula is C12H14BrNO2. The Balaban J connectivity index is 2.32. The van der Waals surface area contributed by atoms with Crippen molar-refractivity contribution in [3.05, 3.63) is 21.2 Å². The van der Waals surface area contributed by atoms with E-state index in [4.69, 9.17) is 20.7 Å². The van der Waals surface area contributed by atoms with E-state index in [0.29, 0.717) is 43.1 Å². The Kier molecular flexibility index (Phi) is 1.69. The Morgan fingerprint density at radius 3 is 2.62 bits per heavy atom. The highest BCUT2D eigenvalue weighted by Crippen LogP contribution is 2.47. The Labute approximate surface area is 109 Å². The summed E-state index contributed by atoms with van der Waals surface area (Å²) in [7, 11) is 0. The number of ether oxygens (including phenoxy) is 2. The van der Waals surface area contributed by atoms with Gasteiger partial charge in [-0.3, -0.25) is 0 Å². The highest BCUT2D eigenvalue weighted by Gasteiger charge is 2.29. The molecule has 0 saturated heterocycles. The van der Waals surface area contributed by atoms with Gasteiger partial charge in [-0.05, 0) is 28.8 Å². The fourth-order valence-corrected chi connectivity index (χ4v) is 2.99. The first-order valence-electron chi connectivity index (χ1n) is 7.17. The summed E-state index contributed by atoms with van der Waals surface area (Å²) < 4.78 is 43.4. The maximum atomic E-state index is 8.14. The summed E-state index contributed by atoms with van der Waals surface area (Å²) in [5.74, 6) is 1.01. The molecule has 0 aromatic heterocycles. The average molecular weight is 288 g/mol. The van der Waals surface area contributed by atoms with Crippen LogP contribution in [0.1, 0.15) is 22.2 Å². The van der Waals surface area contributed by atoms with E-state index in [1.54, 1.807) is 0 Å². The van der Waals surface area contributed by atoms with Crippen LogP contribution in [0.4, 0.5) is 0 Å². The number of nitrogens with two attached hydrogens (primary N) is 1. The highest BCUT2D eigenvalue weighted by atomic mass is 79.9. The fourth-order valence-electron chi connectivity index (χ4n) is 2.26. The lowest BCUT2D eigenvalue weighted by Crippen LogP contribution is -2.06. The summed E-state index contributed by atoms with van der Waals surface area (Å²) in [6.45, 7) is -1.60. The minimum atomic E-state index is -2.50. The molecule has 2 aliphatic rings. The van der Waals surface area contributed by atoms with Gasteiger partial charge in [0.1, 0.15) is 11.5 Å². The van der Waals surface area contributed by atoms with Gasteiger partial charge in [-0.25, -0.2) is 0 Å². The molecule has 0 fully saturated rings. The van der Waals surface area contributed by atoms with E-state index in [9.17, 15) is 0 Å². The zero-order valence-corrected chi connectivity index (χ0v) is 10.2. The number of hydrogen-bond acceptors (Lipinski definition) is 3.